The maximum absolute atomic E-state index is 5.22. The predicted molar refractivity (Wildman–Crippen MR) is 55.5 cm³/mol. The van der Waals surface area contributed by atoms with Gasteiger partial charge < -0.3 is 10.1 Å². The van der Waals surface area contributed by atoms with E-state index in [4.69, 9.17) is 4.74 Å². The number of benzene rings is 1. The molecule has 1 heterocycles. The van der Waals surface area contributed by atoms with E-state index in [0.29, 0.717) is 5.54 Å². The minimum Gasteiger partial charge on any atom is -0.497 e. The Labute approximate surface area is 84.3 Å². The van der Waals surface area contributed by atoms with Crippen LogP contribution in [0.15, 0.2) is 18.2 Å². The molecule has 2 nitrogen and oxygen atoms in total. The molecule has 1 fully saturated rings. The van der Waals surface area contributed by atoms with Crippen molar-refractivity contribution in [2.75, 3.05) is 7.11 Å². The zero-order chi connectivity index (χ0) is 9.60. The van der Waals surface area contributed by atoms with E-state index in [-0.39, 0.29) is 0 Å². The number of fused-ring (bicyclic) bond motifs is 1. The molecule has 0 radical (unpaired) electrons. The molecule has 0 atom stereocenters. The van der Waals surface area contributed by atoms with Gasteiger partial charge in [0.15, 0.2) is 0 Å². The summed E-state index contributed by atoms with van der Waals surface area (Å²) in [5.41, 5.74) is 3.38. The molecule has 14 heavy (non-hydrogen) atoms. The zero-order valence-electron chi connectivity index (χ0n) is 8.47. The van der Waals surface area contributed by atoms with Gasteiger partial charge >= 0.3 is 0 Å². The second-order valence-corrected chi connectivity index (χ2v) is 4.45. The van der Waals surface area contributed by atoms with Crippen LogP contribution >= 0.6 is 0 Å². The molecule has 0 unspecified atom stereocenters. The third kappa shape index (κ3) is 1.22. The fourth-order valence-electron chi connectivity index (χ4n) is 2.28. The van der Waals surface area contributed by atoms with Crippen molar-refractivity contribution in [3.63, 3.8) is 0 Å². The van der Waals surface area contributed by atoms with E-state index in [1.54, 1.807) is 7.11 Å². The van der Waals surface area contributed by atoms with E-state index < -0.39 is 0 Å². The molecular formula is C12H15NO. The lowest BCUT2D eigenvalue weighted by molar-refractivity contribution is 0.410. The Morgan fingerprint density at radius 2 is 2.14 bits per heavy atom. The van der Waals surface area contributed by atoms with Crippen molar-refractivity contribution in [3.05, 3.63) is 29.3 Å². The number of methoxy groups -OCH3 is 1. The third-order valence-electron chi connectivity index (χ3n) is 3.45. The summed E-state index contributed by atoms with van der Waals surface area (Å²) in [6, 6.07) is 6.44. The van der Waals surface area contributed by atoms with Crippen LogP contribution in [0.1, 0.15) is 24.0 Å². The van der Waals surface area contributed by atoms with Gasteiger partial charge in [-0.05, 0) is 42.5 Å². The van der Waals surface area contributed by atoms with E-state index in [0.717, 1.165) is 12.3 Å². The maximum atomic E-state index is 5.22. The Hall–Kier alpha value is -1.02. The van der Waals surface area contributed by atoms with Gasteiger partial charge in [-0.25, -0.2) is 0 Å². The Balaban J connectivity index is 1.95. The first kappa shape index (κ1) is 8.30. The van der Waals surface area contributed by atoms with Crippen molar-refractivity contribution >= 4 is 0 Å². The highest BCUT2D eigenvalue weighted by atomic mass is 16.5. The van der Waals surface area contributed by atoms with Gasteiger partial charge in [0.25, 0.3) is 0 Å². The molecule has 74 valence electrons. The highest BCUT2D eigenvalue weighted by molar-refractivity contribution is 5.39. The van der Waals surface area contributed by atoms with Gasteiger partial charge in [0.1, 0.15) is 5.75 Å². The van der Waals surface area contributed by atoms with Crippen molar-refractivity contribution in [2.45, 2.75) is 31.3 Å². The summed E-state index contributed by atoms with van der Waals surface area (Å²) in [5.74, 6) is 0.970. The number of hydrogen-bond acceptors (Lipinski definition) is 2. The maximum Gasteiger partial charge on any atom is 0.119 e. The summed E-state index contributed by atoms with van der Waals surface area (Å²) in [6.45, 7) is 1.01. The number of hydrogen-bond donors (Lipinski definition) is 1. The van der Waals surface area contributed by atoms with Gasteiger partial charge in [0.2, 0.25) is 0 Å². The number of ether oxygens (including phenoxy) is 1. The number of rotatable bonds is 1. The van der Waals surface area contributed by atoms with Gasteiger partial charge in [-0.2, -0.15) is 0 Å². The highest BCUT2D eigenvalue weighted by Gasteiger charge is 2.44. The lowest BCUT2D eigenvalue weighted by Crippen LogP contribution is -2.37. The Morgan fingerprint density at radius 1 is 1.29 bits per heavy atom. The molecule has 2 heteroatoms. The second kappa shape index (κ2) is 2.74. The van der Waals surface area contributed by atoms with Crippen LogP contribution < -0.4 is 10.1 Å². The molecule has 1 aliphatic heterocycles. The van der Waals surface area contributed by atoms with Gasteiger partial charge in [0.05, 0.1) is 7.11 Å². The Kier molecular flexibility index (Phi) is 1.62. The molecule has 0 bridgehead atoms. The van der Waals surface area contributed by atoms with Crippen molar-refractivity contribution in [1.29, 1.82) is 0 Å². The van der Waals surface area contributed by atoms with Crippen LogP contribution in [0.4, 0.5) is 0 Å². The van der Waals surface area contributed by atoms with Crippen LogP contribution in [0.3, 0.4) is 0 Å². The summed E-state index contributed by atoms with van der Waals surface area (Å²) in [7, 11) is 1.72. The third-order valence-corrected chi connectivity index (χ3v) is 3.45. The minimum absolute atomic E-state index is 0.474. The van der Waals surface area contributed by atoms with E-state index in [1.807, 2.05) is 0 Å². The first-order chi connectivity index (χ1) is 6.81. The molecule has 1 spiro atoms. The molecule has 1 N–H and O–H groups in total. The predicted octanol–water partition coefficient (Wildman–Crippen LogP) is 1.87. The summed E-state index contributed by atoms with van der Waals surface area (Å²) in [6.07, 6.45) is 3.89. The van der Waals surface area contributed by atoms with Crippen molar-refractivity contribution in [2.24, 2.45) is 0 Å². The molecule has 1 saturated carbocycles. The Bertz CT molecular complexity index is 369. The normalized spacial score (nSPS) is 21.8. The summed E-state index contributed by atoms with van der Waals surface area (Å²) in [5, 5.41) is 3.62. The molecule has 3 rings (SSSR count). The molecule has 1 aliphatic carbocycles. The van der Waals surface area contributed by atoms with Crippen LogP contribution in [0.25, 0.3) is 0 Å². The molecule has 1 aromatic rings. The first-order valence-electron chi connectivity index (χ1n) is 5.22. The molecule has 0 amide bonds. The lowest BCUT2D eigenvalue weighted by Gasteiger charge is -2.26. The summed E-state index contributed by atoms with van der Waals surface area (Å²) < 4.78 is 5.22. The number of nitrogens with one attached hydrogen (secondary N) is 1. The van der Waals surface area contributed by atoms with Crippen LogP contribution in [-0.2, 0) is 13.0 Å². The fourth-order valence-corrected chi connectivity index (χ4v) is 2.28. The van der Waals surface area contributed by atoms with E-state index in [2.05, 4.69) is 23.5 Å². The molecule has 1 aromatic carbocycles. The van der Waals surface area contributed by atoms with Crippen LogP contribution in [0.2, 0.25) is 0 Å². The van der Waals surface area contributed by atoms with E-state index in [1.165, 1.54) is 30.4 Å². The van der Waals surface area contributed by atoms with Gasteiger partial charge in [-0.3, -0.25) is 0 Å². The molecule has 0 saturated heterocycles. The first-order valence-corrected chi connectivity index (χ1v) is 5.22. The van der Waals surface area contributed by atoms with Gasteiger partial charge in [-0.1, -0.05) is 6.07 Å². The van der Waals surface area contributed by atoms with Crippen LogP contribution in [0.5, 0.6) is 5.75 Å². The average Bonchev–Trinajstić information content (AvgIpc) is 2.97. The Morgan fingerprint density at radius 3 is 2.86 bits per heavy atom. The molecule has 0 aromatic heterocycles. The largest absolute Gasteiger partial charge is 0.497 e. The highest BCUT2D eigenvalue weighted by Crippen LogP contribution is 2.42. The fraction of sp³-hybridized carbons (Fsp3) is 0.500. The van der Waals surface area contributed by atoms with Gasteiger partial charge in [0, 0.05) is 12.1 Å². The van der Waals surface area contributed by atoms with Gasteiger partial charge in [-0.15, -0.1) is 0 Å². The SMILES string of the molecule is COc1ccc2c(c1)CNC1(CC1)C2. The van der Waals surface area contributed by atoms with Crippen molar-refractivity contribution in [3.8, 4) is 5.75 Å². The van der Waals surface area contributed by atoms with Crippen LogP contribution in [0, 0.1) is 0 Å². The van der Waals surface area contributed by atoms with Crippen molar-refractivity contribution in [1.82, 2.24) is 5.32 Å². The monoisotopic (exact) mass is 189 g/mol. The molecular weight excluding hydrogens is 174 g/mol. The minimum atomic E-state index is 0.474. The average molecular weight is 189 g/mol. The summed E-state index contributed by atoms with van der Waals surface area (Å²) in [4.78, 5) is 0. The second-order valence-electron chi connectivity index (χ2n) is 4.45. The standard InChI is InChI=1S/C12H15NO/c1-14-11-3-2-9-7-12(4-5-12)13-8-10(9)6-11/h2-3,6,13H,4-5,7-8H2,1H3. The zero-order valence-corrected chi connectivity index (χ0v) is 8.47. The lowest BCUT2D eigenvalue weighted by atomic mass is 9.94. The van der Waals surface area contributed by atoms with E-state index in [9.17, 15) is 0 Å². The molecule has 2 aliphatic rings. The van der Waals surface area contributed by atoms with E-state index >= 15 is 0 Å². The smallest absolute Gasteiger partial charge is 0.119 e. The quantitative estimate of drug-likeness (QED) is 0.728. The van der Waals surface area contributed by atoms with Crippen molar-refractivity contribution < 1.29 is 4.74 Å². The van der Waals surface area contributed by atoms with Crippen LogP contribution in [-0.4, -0.2) is 12.6 Å². The summed E-state index contributed by atoms with van der Waals surface area (Å²) >= 11 is 0. The topological polar surface area (TPSA) is 21.3 Å².